The van der Waals surface area contributed by atoms with Crippen LogP contribution in [0.4, 0.5) is 0 Å². The maximum absolute atomic E-state index is 4.24. The van der Waals surface area contributed by atoms with E-state index in [2.05, 4.69) is 39.8 Å². The largest absolute Gasteiger partial charge is 0.308 e. The second-order valence-electron chi connectivity index (χ2n) is 4.41. The molecule has 0 unspecified atom stereocenters. The van der Waals surface area contributed by atoms with Crippen molar-refractivity contribution in [1.82, 2.24) is 15.5 Å². The van der Waals surface area contributed by atoms with Crippen molar-refractivity contribution in [3.8, 4) is 0 Å². The molecule has 0 aliphatic heterocycles. The predicted octanol–water partition coefficient (Wildman–Crippen LogP) is 2.38. The first kappa shape index (κ1) is 10.9. The second kappa shape index (κ2) is 4.94. The van der Waals surface area contributed by atoms with E-state index in [1.807, 2.05) is 6.07 Å². The van der Waals surface area contributed by atoms with Crippen molar-refractivity contribution < 1.29 is 0 Å². The minimum absolute atomic E-state index is 0.733. The van der Waals surface area contributed by atoms with Crippen molar-refractivity contribution in [3.05, 3.63) is 45.9 Å². The zero-order chi connectivity index (χ0) is 11.5. The van der Waals surface area contributed by atoms with Gasteiger partial charge in [0.05, 0.1) is 0 Å². The van der Waals surface area contributed by atoms with E-state index in [1.165, 1.54) is 18.4 Å². The summed E-state index contributed by atoms with van der Waals surface area (Å²) >= 11 is 1.71. The minimum atomic E-state index is 0.733. The predicted molar refractivity (Wildman–Crippen MR) is 69.0 cm³/mol. The smallest absolute Gasteiger partial charge is 0.131 e. The van der Waals surface area contributed by atoms with Gasteiger partial charge in [0.1, 0.15) is 10.0 Å². The van der Waals surface area contributed by atoms with Crippen LogP contribution in [0, 0.1) is 0 Å². The highest BCUT2D eigenvalue weighted by Crippen LogP contribution is 2.20. The van der Waals surface area contributed by atoms with E-state index in [0.29, 0.717) is 0 Å². The van der Waals surface area contributed by atoms with Crippen LogP contribution in [-0.4, -0.2) is 16.2 Å². The first-order valence-electron chi connectivity index (χ1n) is 5.99. The SMILES string of the molecule is c1ccc(Cc2nnc(CNC3CC3)s2)cc1. The molecule has 0 spiro atoms. The Kier molecular flexibility index (Phi) is 3.16. The normalized spacial score (nSPS) is 15.1. The number of nitrogens with zero attached hydrogens (tertiary/aromatic N) is 2. The van der Waals surface area contributed by atoms with Crippen molar-refractivity contribution in [2.24, 2.45) is 0 Å². The van der Waals surface area contributed by atoms with Crippen LogP contribution in [0.2, 0.25) is 0 Å². The molecule has 3 nitrogen and oxygen atoms in total. The van der Waals surface area contributed by atoms with E-state index in [9.17, 15) is 0 Å². The average Bonchev–Trinajstić information content (AvgIpc) is 3.09. The third-order valence-electron chi connectivity index (χ3n) is 2.83. The molecule has 0 amide bonds. The van der Waals surface area contributed by atoms with Crippen LogP contribution in [0.3, 0.4) is 0 Å². The molecule has 0 radical (unpaired) electrons. The molecule has 0 bridgehead atoms. The van der Waals surface area contributed by atoms with Crippen LogP contribution in [0.1, 0.15) is 28.4 Å². The maximum Gasteiger partial charge on any atom is 0.131 e. The average molecular weight is 245 g/mol. The fourth-order valence-electron chi connectivity index (χ4n) is 1.72. The highest BCUT2D eigenvalue weighted by molar-refractivity contribution is 7.11. The van der Waals surface area contributed by atoms with Crippen molar-refractivity contribution in [2.45, 2.75) is 31.8 Å². The second-order valence-corrected chi connectivity index (χ2v) is 5.55. The Balaban J connectivity index is 1.59. The molecule has 2 aromatic rings. The summed E-state index contributed by atoms with van der Waals surface area (Å²) in [7, 11) is 0. The molecule has 88 valence electrons. The Morgan fingerprint density at radius 3 is 2.65 bits per heavy atom. The zero-order valence-corrected chi connectivity index (χ0v) is 10.4. The molecule has 1 aromatic heterocycles. The highest BCUT2D eigenvalue weighted by atomic mass is 32.1. The van der Waals surface area contributed by atoms with Crippen LogP contribution >= 0.6 is 11.3 Å². The van der Waals surface area contributed by atoms with Gasteiger partial charge in [-0.05, 0) is 18.4 Å². The van der Waals surface area contributed by atoms with Gasteiger partial charge in [0, 0.05) is 19.0 Å². The molecule has 17 heavy (non-hydrogen) atoms. The van der Waals surface area contributed by atoms with Crippen LogP contribution < -0.4 is 5.32 Å². The Morgan fingerprint density at radius 1 is 1.12 bits per heavy atom. The van der Waals surface area contributed by atoms with Gasteiger partial charge in [-0.3, -0.25) is 0 Å². The summed E-state index contributed by atoms with van der Waals surface area (Å²) in [5.74, 6) is 0. The van der Waals surface area contributed by atoms with Gasteiger partial charge in [-0.1, -0.05) is 41.7 Å². The van der Waals surface area contributed by atoms with Crippen LogP contribution in [0.5, 0.6) is 0 Å². The van der Waals surface area contributed by atoms with Gasteiger partial charge in [-0.2, -0.15) is 0 Å². The lowest BCUT2D eigenvalue weighted by atomic mass is 10.2. The molecule has 1 saturated carbocycles. The van der Waals surface area contributed by atoms with E-state index in [0.717, 1.165) is 29.0 Å². The number of rotatable bonds is 5. The Labute approximate surface area is 105 Å². The topological polar surface area (TPSA) is 37.8 Å². The van der Waals surface area contributed by atoms with Gasteiger partial charge in [-0.25, -0.2) is 0 Å². The lowest BCUT2D eigenvalue weighted by Crippen LogP contribution is -2.14. The summed E-state index contributed by atoms with van der Waals surface area (Å²) in [4.78, 5) is 0. The lowest BCUT2D eigenvalue weighted by Gasteiger charge is -1.96. The highest BCUT2D eigenvalue weighted by Gasteiger charge is 2.20. The van der Waals surface area contributed by atoms with Gasteiger partial charge < -0.3 is 5.32 Å². The van der Waals surface area contributed by atoms with Gasteiger partial charge in [0.25, 0.3) is 0 Å². The fraction of sp³-hybridized carbons (Fsp3) is 0.385. The quantitative estimate of drug-likeness (QED) is 0.879. The Bertz CT molecular complexity index is 476. The molecule has 1 aromatic carbocycles. The van der Waals surface area contributed by atoms with Crippen molar-refractivity contribution >= 4 is 11.3 Å². The molecule has 1 N–H and O–H groups in total. The minimum Gasteiger partial charge on any atom is -0.308 e. The van der Waals surface area contributed by atoms with Crippen molar-refractivity contribution in [2.75, 3.05) is 0 Å². The summed E-state index contributed by atoms with van der Waals surface area (Å²) < 4.78 is 0. The number of nitrogens with one attached hydrogen (secondary N) is 1. The number of aromatic nitrogens is 2. The van der Waals surface area contributed by atoms with E-state index in [-0.39, 0.29) is 0 Å². The summed E-state index contributed by atoms with van der Waals surface area (Å²) in [6.45, 7) is 0.872. The number of benzene rings is 1. The van der Waals surface area contributed by atoms with E-state index < -0.39 is 0 Å². The fourth-order valence-corrected chi connectivity index (χ4v) is 2.55. The summed E-state index contributed by atoms with van der Waals surface area (Å²) in [6.07, 6.45) is 3.52. The zero-order valence-electron chi connectivity index (χ0n) is 9.60. The number of hydrogen-bond acceptors (Lipinski definition) is 4. The van der Waals surface area contributed by atoms with Crippen molar-refractivity contribution in [1.29, 1.82) is 0 Å². The molecule has 3 rings (SSSR count). The molecular formula is C13H15N3S. The first-order valence-corrected chi connectivity index (χ1v) is 6.80. The summed E-state index contributed by atoms with van der Waals surface area (Å²) in [5.41, 5.74) is 1.30. The van der Waals surface area contributed by atoms with Gasteiger partial charge in [-0.15, -0.1) is 10.2 Å². The summed E-state index contributed by atoms with van der Waals surface area (Å²) in [5, 5.41) is 14.1. The Morgan fingerprint density at radius 2 is 1.88 bits per heavy atom. The van der Waals surface area contributed by atoms with Crippen molar-refractivity contribution in [3.63, 3.8) is 0 Å². The lowest BCUT2D eigenvalue weighted by molar-refractivity contribution is 0.678. The van der Waals surface area contributed by atoms with E-state index >= 15 is 0 Å². The molecule has 1 aliphatic carbocycles. The van der Waals surface area contributed by atoms with Gasteiger partial charge >= 0.3 is 0 Å². The van der Waals surface area contributed by atoms with Crippen LogP contribution in [0.15, 0.2) is 30.3 Å². The van der Waals surface area contributed by atoms with Crippen LogP contribution in [0.25, 0.3) is 0 Å². The monoisotopic (exact) mass is 245 g/mol. The standard InChI is InChI=1S/C13H15N3S/c1-2-4-10(5-3-1)8-12-15-16-13(17-12)9-14-11-6-7-11/h1-5,11,14H,6-9H2. The van der Waals surface area contributed by atoms with Gasteiger partial charge in [0.2, 0.25) is 0 Å². The molecule has 4 heteroatoms. The molecular weight excluding hydrogens is 230 g/mol. The van der Waals surface area contributed by atoms with Gasteiger partial charge in [0.15, 0.2) is 0 Å². The first-order chi connectivity index (χ1) is 8.40. The number of hydrogen-bond donors (Lipinski definition) is 1. The molecule has 0 atom stereocenters. The van der Waals surface area contributed by atoms with E-state index in [1.54, 1.807) is 11.3 Å². The third-order valence-corrected chi connectivity index (χ3v) is 3.75. The molecule has 0 saturated heterocycles. The third kappa shape index (κ3) is 3.11. The van der Waals surface area contributed by atoms with E-state index in [4.69, 9.17) is 0 Å². The Hall–Kier alpha value is -1.26. The summed E-state index contributed by atoms with van der Waals surface area (Å²) in [6, 6.07) is 11.1. The molecule has 1 aliphatic rings. The van der Waals surface area contributed by atoms with Crippen LogP contribution in [-0.2, 0) is 13.0 Å². The molecule has 1 heterocycles. The molecule has 1 fully saturated rings. The maximum atomic E-state index is 4.24.